The van der Waals surface area contributed by atoms with E-state index in [-0.39, 0.29) is 11.4 Å². The molecule has 2 rings (SSSR count). The first kappa shape index (κ1) is 24.0. The highest BCUT2D eigenvalue weighted by Gasteiger charge is 2.22. The lowest BCUT2D eigenvalue weighted by molar-refractivity contribution is -0.121. The van der Waals surface area contributed by atoms with Crippen molar-refractivity contribution in [1.29, 1.82) is 0 Å². The number of hydrogen-bond donors (Lipinski definition) is 3. The topological polar surface area (TPSA) is 53.2 Å². The van der Waals surface area contributed by atoms with Gasteiger partial charge in [0.1, 0.15) is 0 Å². The van der Waals surface area contributed by atoms with E-state index in [0.29, 0.717) is 28.5 Å². The van der Waals surface area contributed by atoms with Gasteiger partial charge >= 0.3 is 0 Å². The molecule has 4 nitrogen and oxygen atoms in total. The van der Waals surface area contributed by atoms with Crippen molar-refractivity contribution in [1.82, 2.24) is 16.0 Å². The van der Waals surface area contributed by atoms with Crippen LogP contribution in [0.3, 0.4) is 0 Å². The van der Waals surface area contributed by atoms with Crippen molar-refractivity contribution >= 4 is 34.8 Å². The minimum absolute atomic E-state index is 0.0645. The Bertz CT molecular complexity index is 708. The fourth-order valence-electron chi connectivity index (χ4n) is 3.78. The van der Waals surface area contributed by atoms with Crippen LogP contribution in [0.1, 0.15) is 65.9 Å². The maximum absolute atomic E-state index is 12.0. The highest BCUT2D eigenvalue weighted by Crippen LogP contribution is 2.27. The number of allylic oxidation sites excluding steroid dienone is 1. The molecule has 1 amide bonds. The zero-order valence-corrected chi connectivity index (χ0v) is 19.8. The quantitative estimate of drug-likeness (QED) is 0.532. The second kappa shape index (κ2) is 10.7. The third kappa shape index (κ3) is 8.57. The van der Waals surface area contributed by atoms with Crippen LogP contribution in [0.25, 0.3) is 5.70 Å². The summed E-state index contributed by atoms with van der Waals surface area (Å²) in [7, 11) is 0. The van der Waals surface area contributed by atoms with Gasteiger partial charge in [0.25, 0.3) is 0 Å². The van der Waals surface area contributed by atoms with Crippen LogP contribution in [0.15, 0.2) is 23.8 Å². The van der Waals surface area contributed by atoms with Gasteiger partial charge in [-0.2, -0.15) is 0 Å². The smallest absolute Gasteiger partial charge is 0.234 e. The van der Waals surface area contributed by atoms with Crippen LogP contribution in [-0.4, -0.2) is 30.6 Å². The maximum atomic E-state index is 12.0. The third-order valence-electron chi connectivity index (χ3n) is 5.13. The van der Waals surface area contributed by atoms with Gasteiger partial charge in [0.2, 0.25) is 5.91 Å². The van der Waals surface area contributed by atoms with Crippen LogP contribution in [0.2, 0.25) is 10.0 Å². The molecule has 0 radical (unpaired) electrons. The van der Waals surface area contributed by atoms with Crippen molar-refractivity contribution in [3.05, 3.63) is 39.4 Å². The average molecular weight is 440 g/mol. The molecule has 0 unspecified atom stereocenters. The van der Waals surface area contributed by atoms with E-state index < -0.39 is 0 Å². The summed E-state index contributed by atoms with van der Waals surface area (Å²) in [5.74, 6) is 0.690. The molecule has 6 heteroatoms. The van der Waals surface area contributed by atoms with E-state index in [4.69, 9.17) is 23.2 Å². The Morgan fingerprint density at radius 2 is 1.62 bits per heavy atom. The number of carbonyl (C=O) groups is 1. The highest BCUT2D eigenvalue weighted by molar-refractivity contribution is 6.34. The molecule has 0 spiro atoms. The molecule has 1 aliphatic carbocycles. The summed E-state index contributed by atoms with van der Waals surface area (Å²) in [5, 5.41) is 11.3. The van der Waals surface area contributed by atoms with Gasteiger partial charge in [0, 0.05) is 39.4 Å². The minimum atomic E-state index is -0.183. The van der Waals surface area contributed by atoms with Crippen molar-refractivity contribution in [2.75, 3.05) is 13.1 Å². The van der Waals surface area contributed by atoms with Crippen LogP contribution in [0, 0.1) is 5.92 Å². The van der Waals surface area contributed by atoms with E-state index in [1.165, 1.54) is 5.57 Å². The maximum Gasteiger partial charge on any atom is 0.234 e. The summed E-state index contributed by atoms with van der Waals surface area (Å²) in [6, 6.07) is 6.08. The lowest BCUT2D eigenvalue weighted by Crippen LogP contribution is -2.47. The van der Waals surface area contributed by atoms with Crippen LogP contribution in [-0.2, 0) is 4.79 Å². The SMILES string of the molecule is CC(C)=C(NCC1CCC(NCC(=O)NC(C)(C)C)CC1)c1cc(Cl)cc(Cl)c1. The Balaban J connectivity index is 1.80. The van der Waals surface area contributed by atoms with Gasteiger partial charge in [-0.25, -0.2) is 0 Å². The van der Waals surface area contributed by atoms with E-state index in [1.807, 2.05) is 32.9 Å². The van der Waals surface area contributed by atoms with Gasteiger partial charge in [0.15, 0.2) is 0 Å². The van der Waals surface area contributed by atoms with Crippen LogP contribution < -0.4 is 16.0 Å². The average Bonchev–Trinajstić information content (AvgIpc) is 2.58. The molecule has 1 saturated carbocycles. The fraction of sp³-hybridized carbons (Fsp3) is 0.609. The molecule has 1 aromatic rings. The first-order valence-corrected chi connectivity index (χ1v) is 11.2. The normalized spacial score (nSPS) is 19.6. The van der Waals surface area contributed by atoms with E-state index in [0.717, 1.165) is 43.5 Å². The second-order valence-corrected chi connectivity index (χ2v) is 10.2. The van der Waals surface area contributed by atoms with Crippen molar-refractivity contribution in [3.8, 4) is 0 Å². The monoisotopic (exact) mass is 439 g/mol. The summed E-state index contributed by atoms with van der Waals surface area (Å²) in [6.07, 6.45) is 4.50. The second-order valence-electron chi connectivity index (χ2n) is 9.31. The van der Waals surface area contributed by atoms with E-state index in [9.17, 15) is 4.79 Å². The molecule has 0 saturated heterocycles. The van der Waals surface area contributed by atoms with Crippen molar-refractivity contribution < 1.29 is 4.79 Å². The molecular weight excluding hydrogens is 405 g/mol. The van der Waals surface area contributed by atoms with Crippen molar-refractivity contribution in [3.63, 3.8) is 0 Å². The summed E-state index contributed by atoms with van der Waals surface area (Å²) >= 11 is 12.4. The molecule has 0 atom stereocenters. The van der Waals surface area contributed by atoms with Crippen LogP contribution in [0.5, 0.6) is 0 Å². The predicted octanol–water partition coefficient (Wildman–Crippen LogP) is 5.40. The van der Waals surface area contributed by atoms with Crippen molar-refractivity contribution in [2.45, 2.75) is 71.9 Å². The summed E-state index contributed by atoms with van der Waals surface area (Å²) in [6.45, 7) is 11.5. The first-order valence-electron chi connectivity index (χ1n) is 10.5. The van der Waals surface area contributed by atoms with E-state index >= 15 is 0 Å². The molecule has 0 aromatic heterocycles. The number of benzene rings is 1. The molecule has 1 aromatic carbocycles. The zero-order valence-electron chi connectivity index (χ0n) is 18.3. The third-order valence-corrected chi connectivity index (χ3v) is 5.57. The Kier molecular flexibility index (Phi) is 8.87. The van der Waals surface area contributed by atoms with E-state index in [2.05, 4.69) is 29.8 Å². The number of hydrogen-bond acceptors (Lipinski definition) is 3. The molecule has 0 bridgehead atoms. The fourth-order valence-corrected chi connectivity index (χ4v) is 4.31. The van der Waals surface area contributed by atoms with Gasteiger partial charge < -0.3 is 16.0 Å². The van der Waals surface area contributed by atoms with Crippen LogP contribution in [0.4, 0.5) is 0 Å². The molecule has 1 aliphatic rings. The van der Waals surface area contributed by atoms with Gasteiger partial charge in [0.05, 0.1) is 6.54 Å². The molecular formula is C23H35Cl2N3O. The molecule has 162 valence electrons. The molecule has 3 N–H and O–H groups in total. The Labute approximate surface area is 185 Å². The molecule has 29 heavy (non-hydrogen) atoms. The standard InChI is InChI=1S/C23H35Cl2N3O/c1-15(2)22(17-10-18(24)12-19(25)11-17)27-13-16-6-8-20(9-7-16)26-14-21(29)28-23(3,4)5/h10-12,16,20,26-27H,6-9,13-14H2,1-5H3,(H,28,29). The predicted molar refractivity (Wildman–Crippen MR) is 124 cm³/mol. The Morgan fingerprint density at radius 1 is 1.03 bits per heavy atom. The van der Waals surface area contributed by atoms with Gasteiger partial charge in [-0.1, -0.05) is 28.8 Å². The van der Waals surface area contributed by atoms with Gasteiger partial charge in [-0.15, -0.1) is 0 Å². The lowest BCUT2D eigenvalue weighted by Gasteiger charge is -2.30. The zero-order chi connectivity index (χ0) is 21.6. The van der Waals surface area contributed by atoms with Crippen molar-refractivity contribution in [2.24, 2.45) is 5.92 Å². The van der Waals surface area contributed by atoms with Crippen LogP contribution >= 0.6 is 23.2 Å². The number of amides is 1. The lowest BCUT2D eigenvalue weighted by atomic mass is 9.86. The summed E-state index contributed by atoms with van der Waals surface area (Å²) in [4.78, 5) is 12.0. The number of carbonyl (C=O) groups excluding carboxylic acids is 1. The van der Waals surface area contributed by atoms with E-state index in [1.54, 1.807) is 6.07 Å². The Morgan fingerprint density at radius 3 is 2.14 bits per heavy atom. The largest absolute Gasteiger partial charge is 0.384 e. The first-order chi connectivity index (χ1) is 13.5. The molecule has 1 fully saturated rings. The molecule has 0 aliphatic heterocycles. The Hall–Kier alpha value is -1.23. The minimum Gasteiger partial charge on any atom is -0.384 e. The summed E-state index contributed by atoms with van der Waals surface area (Å²) in [5.41, 5.74) is 3.16. The number of nitrogens with one attached hydrogen (secondary N) is 3. The summed E-state index contributed by atoms with van der Waals surface area (Å²) < 4.78 is 0. The number of halogens is 2. The number of rotatable bonds is 7. The van der Waals surface area contributed by atoms with Gasteiger partial charge in [-0.05, 0) is 84.4 Å². The highest BCUT2D eigenvalue weighted by atomic mass is 35.5. The van der Waals surface area contributed by atoms with Gasteiger partial charge in [-0.3, -0.25) is 4.79 Å². The molecule has 0 heterocycles.